The number of nitrogens with zero attached hydrogens (tertiary/aromatic N) is 1. The van der Waals surface area contributed by atoms with Crippen molar-refractivity contribution in [3.8, 4) is 33.4 Å². The maximum atomic E-state index is 2.56. The highest BCUT2D eigenvalue weighted by Gasteiger charge is 2.41. The second kappa shape index (κ2) is 13.3. The van der Waals surface area contributed by atoms with E-state index >= 15 is 0 Å². The van der Waals surface area contributed by atoms with Gasteiger partial charge in [0.25, 0.3) is 0 Å². The topological polar surface area (TPSA) is 3.24 Å². The number of rotatable bonds is 4. The number of thiophene rings is 1. The number of fused-ring (bicyclic) bond motifs is 11. The van der Waals surface area contributed by atoms with E-state index < -0.39 is 0 Å². The summed E-state index contributed by atoms with van der Waals surface area (Å²) in [5.41, 5.74) is 19.6. The van der Waals surface area contributed by atoms with Crippen LogP contribution < -0.4 is 4.90 Å². The molecule has 1 heterocycles. The van der Waals surface area contributed by atoms with Crippen LogP contribution in [0.15, 0.2) is 152 Å². The van der Waals surface area contributed by atoms with Crippen LogP contribution in [0.3, 0.4) is 0 Å². The third-order valence-corrected chi connectivity index (χ3v) is 15.6. The molecule has 2 aliphatic rings. The molecule has 306 valence electrons. The van der Waals surface area contributed by atoms with Gasteiger partial charge in [-0.3, -0.25) is 0 Å². The summed E-state index contributed by atoms with van der Waals surface area (Å²) in [5, 5.41) is 5.28. The number of hydrogen-bond acceptors (Lipinski definition) is 2. The van der Waals surface area contributed by atoms with E-state index in [1.54, 1.807) is 0 Å². The Morgan fingerprint density at radius 3 is 1.84 bits per heavy atom. The van der Waals surface area contributed by atoms with Gasteiger partial charge in [0.15, 0.2) is 0 Å². The van der Waals surface area contributed by atoms with Crippen LogP contribution in [0.2, 0.25) is 0 Å². The molecule has 0 fully saturated rings. The molecule has 0 atom stereocenters. The van der Waals surface area contributed by atoms with E-state index in [0.29, 0.717) is 0 Å². The van der Waals surface area contributed by atoms with Gasteiger partial charge >= 0.3 is 0 Å². The fraction of sp³-hybridized carbons (Fsp3) is 0.233. The van der Waals surface area contributed by atoms with Crippen molar-refractivity contribution in [1.82, 2.24) is 0 Å². The number of hydrogen-bond donors (Lipinski definition) is 0. The maximum Gasteiger partial charge on any atom is 0.0543 e. The van der Waals surface area contributed by atoms with Crippen LogP contribution in [0.4, 0.5) is 17.1 Å². The molecule has 0 saturated carbocycles. The van der Waals surface area contributed by atoms with E-state index in [0.717, 1.165) is 5.69 Å². The molecule has 0 spiro atoms. The third kappa shape index (κ3) is 5.65. The SMILES string of the molecule is CC(C)(C)c1cc(C(C)(C)C)c2sc3c4c(ccc3c2c1)C(C)(C)c1cccc(N(c2ccc(-c3cccc5ccccc35)cc2)c2ccc3c(c2)C(C)(C)c2ccccc2-3)c1-4. The van der Waals surface area contributed by atoms with Crippen molar-refractivity contribution in [3.63, 3.8) is 0 Å². The van der Waals surface area contributed by atoms with Gasteiger partial charge in [0, 0.05) is 53.5 Å². The Bertz CT molecular complexity index is 3300. The van der Waals surface area contributed by atoms with Crippen LogP contribution in [-0.4, -0.2) is 0 Å². The summed E-state index contributed by atoms with van der Waals surface area (Å²) >= 11 is 2.01. The minimum atomic E-state index is -0.181. The van der Waals surface area contributed by atoms with E-state index in [9.17, 15) is 0 Å². The first-order chi connectivity index (χ1) is 29.5. The van der Waals surface area contributed by atoms with Crippen molar-refractivity contribution in [1.29, 1.82) is 0 Å². The highest BCUT2D eigenvalue weighted by molar-refractivity contribution is 7.26. The van der Waals surface area contributed by atoms with Gasteiger partial charge in [0.2, 0.25) is 0 Å². The normalized spacial score (nSPS) is 14.9. The molecular formula is C60H55NS. The molecule has 0 saturated heterocycles. The first-order valence-corrected chi connectivity index (χ1v) is 23.2. The molecule has 8 aromatic carbocycles. The van der Waals surface area contributed by atoms with Gasteiger partial charge < -0.3 is 4.90 Å². The van der Waals surface area contributed by atoms with Gasteiger partial charge in [0.05, 0.1) is 5.69 Å². The standard InChI is InChI=1S/C60H55NS/c1-57(2,3)38-33-46-45-31-32-49-54(56(45)62-55(46)51(34-38)58(4,5)6)53-48(60(49,9)10)23-16-24-52(53)61(40-29-30-44-43-20-13-14-22-47(43)59(7,8)50(44)35-40)39-27-25-37(26-28-39)42-21-15-18-36-17-11-12-19-41(36)42/h11-35H,1-10H3. The van der Waals surface area contributed by atoms with Crippen LogP contribution in [0.1, 0.15) is 103 Å². The smallest absolute Gasteiger partial charge is 0.0543 e. The van der Waals surface area contributed by atoms with Gasteiger partial charge in [-0.2, -0.15) is 0 Å². The van der Waals surface area contributed by atoms with E-state index in [2.05, 4.69) is 226 Å². The quantitative estimate of drug-likeness (QED) is 0.171. The van der Waals surface area contributed by atoms with Crippen molar-refractivity contribution in [2.45, 2.75) is 90.9 Å². The van der Waals surface area contributed by atoms with Gasteiger partial charge in [-0.25, -0.2) is 0 Å². The lowest BCUT2D eigenvalue weighted by atomic mass is 9.79. The van der Waals surface area contributed by atoms with E-state index in [1.165, 1.54) is 109 Å². The largest absolute Gasteiger partial charge is 0.310 e. The molecule has 0 unspecified atom stereocenters. The predicted molar refractivity (Wildman–Crippen MR) is 269 cm³/mol. The Hall–Kier alpha value is -5.96. The summed E-state index contributed by atoms with van der Waals surface area (Å²) in [7, 11) is 0. The Balaban J connectivity index is 1.18. The lowest BCUT2D eigenvalue weighted by Gasteiger charge is -2.30. The highest BCUT2D eigenvalue weighted by Crippen LogP contribution is 2.59. The highest BCUT2D eigenvalue weighted by atomic mass is 32.1. The molecule has 0 radical (unpaired) electrons. The summed E-state index contributed by atoms with van der Waals surface area (Å²) in [6.45, 7) is 23.8. The van der Waals surface area contributed by atoms with Crippen molar-refractivity contribution in [2.24, 2.45) is 0 Å². The molecule has 0 N–H and O–H groups in total. The van der Waals surface area contributed by atoms with E-state index in [1.807, 2.05) is 11.3 Å². The van der Waals surface area contributed by atoms with E-state index in [-0.39, 0.29) is 21.7 Å². The second-order valence-corrected chi connectivity index (χ2v) is 22.0. The zero-order valence-corrected chi connectivity index (χ0v) is 38.6. The van der Waals surface area contributed by atoms with Gasteiger partial charge in [-0.1, -0.05) is 184 Å². The maximum absolute atomic E-state index is 2.56. The molecule has 1 aromatic heterocycles. The summed E-state index contributed by atoms with van der Waals surface area (Å²) in [6.07, 6.45) is 0. The van der Waals surface area contributed by atoms with Crippen molar-refractivity contribution in [2.75, 3.05) is 4.90 Å². The molecule has 9 aromatic rings. The molecule has 2 heteroatoms. The zero-order chi connectivity index (χ0) is 43.1. The van der Waals surface area contributed by atoms with Crippen LogP contribution in [0, 0.1) is 0 Å². The van der Waals surface area contributed by atoms with E-state index in [4.69, 9.17) is 0 Å². The molecule has 1 nitrogen and oxygen atoms in total. The van der Waals surface area contributed by atoms with Gasteiger partial charge in [0.1, 0.15) is 0 Å². The minimum Gasteiger partial charge on any atom is -0.310 e. The van der Waals surface area contributed by atoms with Crippen molar-refractivity contribution < 1.29 is 0 Å². The van der Waals surface area contributed by atoms with Crippen molar-refractivity contribution >= 4 is 59.3 Å². The van der Waals surface area contributed by atoms with Crippen molar-refractivity contribution in [3.05, 3.63) is 185 Å². The third-order valence-electron chi connectivity index (χ3n) is 14.3. The fourth-order valence-electron chi connectivity index (χ4n) is 10.9. The summed E-state index contributed by atoms with van der Waals surface area (Å²) in [5.74, 6) is 0. The lowest BCUT2D eigenvalue weighted by Crippen LogP contribution is -2.17. The Morgan fingerprint density at radius 1 is 0.435 bits per heavy atom. The molecule has 62 heavy (non-hydrogen) atoms. The molecule has 0 aliphatic heterocycles. The first kappa shape index (κ1) is 38.9. The van der Waals surface area contributed by atoms with Crippen LogP contribution in [-0.2, 0) is 21.7 Å². The molecule has 2 aliphatic carbocycles. The average molecular weight is 822 g/mol. The molecule has 0 amide bonds. The van der Waals surface area contributed by atoms with Crippen LogP contribution in [0.25, 0.3) is 64.3 Å². The molecule has 0 bridgehead atoms. The molecular weight excluding hydrogens is 767 g/mol. The fourth-order valence-corrected chi connectivity index (χ4v) is 12.4. The Morgan fingerprint density at radius 2 is 1.06 bits per heavy atom. The van der Waals surface area contributed by atoms with Gasteiger partial charge in [-0.15, -0.1) is 11.3 Å². The van der Waals surface area contributed by atoms with Gasteiger partial charge in [-0.05, 0) is 114 Å². The second-order valence-electron chi connectivity index (χ2n) is 21.0. The summed E-state index contributed by atoms with van der Waals surface area (Å²) in [6, 6.07) is 57.8. The average Bonchev–Trinajstić information content (AvgIpc) is 3.83. The summed E-state index contributed by atoms with van der Waals surface area (Å²) < 4.78 is 2.81. The number of benzene rings is 8. The van der Waals surface area contributed by atoms with Crippen LogP contribution >= 0.6 is 11.3 Å². The monoisotopic (exact) mass is 821 g/mol. The Kier molecular flexibility index (Phi) is 8.33. The predicted octanol–water partition coefficient (Wildman–Crippen LogP) is 17.6. The lowest BCUT2D eigenvalue weighted by molar-refractivity contribution is 0.573. The first-order valence-electron chi connectivity index (χ1n) is 22.3. The van der Waals surface area contributed by atoms with Crippen LogP contribution in [0.5, 0.6) is 0 Å². The minimum absolute atomic E-state index is 0.00189. The summed E-state index contributed by atoms with van der Waals surface area (Å²) in [4.78, 5) is 2.56. The number of anilines is 3. The Labute approximate surface area is 371 Å². The zero-order valence-electron chi connectivity index (χ0n) is 37.8. The molecule has 11 rings (SSSR count).